The van der Waals surface area contributed by atoms with Crippen LogP contribution >= 0.6 is 0 Å². The lowest BCUT2D eigenvalue weighted by molar-refractivity contribution is -0.138. The van der Waals surface area contributed by atoms with Crippen LogP contribution in [0.1, 0.15) is 25.0 Å². The number of hydrogen-bond donors (Lipinski definition) is 0. The van der Waals surface area contributed by atoms with Gasteiger partial charge in [-0.1, -0.05) is 24.3 Å². The first kappa shape index (κ1) is 13.5. The van der Waals surface area contributed by atoms with Crippen molar-refractivity contribution < 1.29 is 14.3 Å². The molecular weight excluding hydrogens is 216 g/mol. The third-order valence-corrected chi connectivity index (χ3v) is 2.32. The second-order valence-electron chi connectivity index (χ2n) is 3.68. The summed E-state index contributed by atoms with van der Waals surface area (Å²) in [5.41, 5.74) is 2.63. The smallest absolute Gasteiger partial charge is 0.333 e. The second-order valence-corrected chi connectivity index (χ2v) is 3.68. The second kappa shape index (κ2) is 6.86. The third kappa shape index (κ3) is 4.04. The summed E-state index contributed by atoms with van der Waals surface area (Å²) < 4.78 is 10.0. The average Bonchev–Trinajstić information content (AvgIpc) is 2.32. The third-order valence-electron chi connectivity index (χ3n) is 2.32. The van der Waals surface area contributed by atoms with Gasteiger partial charge in [-0.2, -0.15) is 0 Å². The predicted octanol–water partition coefficient (Wildman–Crippen LogP) is 2.80. The number of carbonyl (C=O) groups is 1. The van der Waals surface area contributed by atoms with Gasteiger partial charge in [0.05, 0.1) is 13.2 Å². The van der Waals surface area contributed by atoms with Crippen molar-refractivity contribution in [2.75, 3.05) is 13.7 Å². The molecule has 0 aromatic heterocycles. The molecule has 0 spiro atoms. The maximum Gasteiger partial charge on any atom is 0.333 e. The number of rotatable bonds is 5. The first-order chi connectivity index (χ1) is 8.19. The van der Waals surface area contributed by atoms with E-state index in [1.54, 1.807) is 21.0 Å². The number of esters is 1. The summed E-state index contributed by atoms with van der Waals surface area (Å²) in [5, 5.41) is 0. The molecule has 0 N–H and O–H groups in total. The van der Waals surface area contributed by atoms with Crippen molar-refractivity contribution in [1.29, 1.82) is 0 Å². The summed E-state index contributed by atoms with van der Waals surface area (Å²) in [5.74, 6) is -0.278. The lowest BCUT2D eigenvalue weighted by atomic mass is 10.1. The van der Waals surface area contributed by atoms with Crippen LogP contribution in [0.5, 0.6) is 0 Å². The Morgan fingerprint density at radius 2 is 2.06 bits per heavy atom. The molecule has 92 valence electrons. The van der Waals surface area contributed by atoms with Gasteiger partial charge in [0.1, 0.15) is 0 Å². The maximum absolute atomic E-state index is 11.5. The van der Waals surface area contributed by atoms with Crippen molar-refractivity contribution >= 4 is 12.0 Å². The Morgan fingerprint density at radius 3 is 2.71 bits per heavy atom. The quantitative estimate of drug-likeness (QED) is 0.580. The van der Waals surface area contributed by atoms with Crippen LogP contribution in [0.4, 0.5) is 0 Å². The molecule has 1 rings (SSSR count). The molecule has 0 aliphatic heterocycles. The topological polar surface area (TPSA) is 35.5 Å². The highest BCUT2D eigenvalue weighted by atomic mass is 16.5. The molecule has 0 fully saturated rings. The molecule has 17 heavy (non-hydrogen) atoms. The van der Waals surface area contributed by atoms with Gasteiger partial charge in [-0.3, -0.25) is 0 Å². The SMILES string of the molecule is CCOC(=O)/C(C)=C/c1ccccc1COC. The molecule has 0 atom stereocenters. The standard InChI is InChI=1S/C14H18O3/c1-4-17-14(15)11(2)9-12-7-5-6-8-13(12)10-16-3/h5-9H,4,10H2,1-3H3/b11-9+. The van der Waals surface area contributed by atoms with E-state index in [4.69, 9.17) is 9.47 Å². The first-order valence-corrected chi connectivity index (χ1v) is 5.61. The Balaban J connectivity index is 2.92. The molecular formula is C14H18O3. The van der Waals surface area contributed by atoms with E-state index in [0.29, 0.717) is 18.8 Å². The van der Waals surface area contributed by atoms with Crippen molar-refractivity contribution in [2.45, 2.75) is 20.5 Å². The molecule has 0 saturated carbocycles. The molecule has 0 unspecified atom stereocenters. The van der Waals surface area contributed by atoms with Crippen molar-refractivity contribution in [3.8, 4) is 0 Å². The van der Waals surface area contributed by atoms with Gasteiger partial charge in [0.2, 0.25) is 0 Å². The van der Waals surface area contributed by atoms with Crippen molar-refractivity contribution in [2.24, 2.45) is 0 Å². The molecule has 1 aromatic rings. The highest BCUT2D eigenvalue weighted by Crippen LogP contribution is 2.14. The highest BCUT2D eigenvalue weighted by Gasteiger charge is 2.06. The summed E-state index contributed by atoms with van der Waals surface area (Å²) in [7, 11) is 1.65. The number of benzene rings is 1. The summed E-state index contributed by atoms with van der Waals surface area (Å²) in [6.07, 6.45) is 1.83. The summed E-state index contributed by atoms with van der Waals surface area (Å²) >= 11 is 0. The minimum atomic E-state index is -0.278. The van der Waals surface area contributed by atoms with Crippen LogP contribution in [0.2, 0.25) is 0 Å². The first-order valence-electron chi connectivity index (χ1n) is 5.61. The van der Waals surface area contributed by atoms with Gasteiger partial charge in [0.15, 0.2) is 0 Å². The Labute approximate surface area is 102 Å². The van der Waals surface area contributed by atoms with Crippen LogP contribution < -0.4 is 0 Å². The molecule has 3 heteroatoms. The highest BCUT2D eigenvalue weighted by molar-refractivity contribution is 5.93. The fraction of sp³-hybridized carbons (Fsp3) is 0.357. The van der Waals surface area contributed by atoms with E-state index < -0.39 is 0 Å². The van der Waals surface area contributed by atoms with E-state index in [1.165, 1.54) is 0 Å². The van der Waals surface area contributed by atoms with Crippen LogP contribution in [0.3, 0.4) is 0 Å². The fourth-order valence-electron chi connectivity index (χ4n) is 1.50. The molecule has 1 aromatic carbocycles. The van der Waals surface area contributed by atoms with E-state index in [2.05, 4.69) is 0 Å². The molecule has 0 aliphatic rings. The van der Waals surface area contributed by atoms with Gasteiger partial charge in [-0.25, -0.2) is 4.79 Å². The van der Waals surface area contributed by atoms with Gasteiger partial charge in [-0.15, -0.1) is 0 Å². The lowest BCUT2D eigenvalue weighted by Crippen LogP contribution is -2.05. The van der Waals surface area contributed by atoms with E-state index >= 15 is 0 Å². The van der Waals surface area contributed by atoms with E-state index in [-0.39, 0.29) is 5.97 Å². The molecule has 0 aliphatic carbocycles. The summed E-state index contributed by atoms with van der Waals surface area (Å²) in [6, 6.07) is 7.82. The molecule has 0 radical (unpaired) electrons. The Kier molecular flexibility index (Phi) is 5.43. The van der Waals surface area contributed by atoms with E-state index in [1.807, 2.05) is 30.3 Å². The number of ether oxygens (including phenoxy) is 2. The van der Waals surface area contributed by atoms with E-state index in [0.717, 1.165) is 11.1 Å². The van der Waals surface area contributed by atoms with Crippen LogP contribution in [0, 0.1) is 0 Å². The Hall–Kier alpha value is -1.61. The zero-order chi connectivity index (χ0) is 12.7. The Morgan fingerprint density at radius 1 is 1.35 bits per heavy atom. The predicted molar refractivity (Wildman–Crippen MR) is 67.4 cm³/mol. The van der Waals surface area contributed by atoms with Gasteiger partial charge in [0.25, 0.3) is 0 Å². The van der Waals surface area contributed by atoms with Crippen LogP contribution in [-0.4, -0.2) is 19.7 Å². The van der Waals surface area contributed by atoms with Gasteiger partial charge in [0, 0.05) is 12.7 Å². The van der Waals surface area contributed by atoms with Crippen molar-refractivity contribution in [3.05, 3.63) is 41.0 Å². The van der Waals surface area contributed by atoms with Crippen LogP contribution in [-0.2, 0) is 20.9 Å². The maximum atomic E-state index is 11.5. The fourth-order valence-corrected chi connectivity index (χ4v) is 1.50. The lowest BCUT2D eigenvalue weighted by Gasteiger charge is -2.06. The van der Waals surface area contributed by atoms with Crippen molar-refractivity contribution in [1.82, 2.24) is 0 Å². The van der Waals surface area contributed by atoms with Crippen LogP contribution in [0.25, 0.3) is 6.08 Å². The van der Waals surface area contributed by atoms with Gasteiger partial charge < -0.3 is 9.47 Å². The molecule has 0 heterocycles. The van der Waals surface area contributed by atoms with Crippen LogP contribution in [0.15, 0.2) is 29.8 Å². The molecule has 0 bridgehead atoms. The molecule has 0 amide bonds. The molecule has 3 nitrogen and oxygen atoms in total. The van der Waals surface area contributed by atoms with Gasteiger partial charge in [-0.05, 0) is 31.1 Å². The summed E-state index contributed by atoms with van der Waals surface area (Å²) in [6.45, 7) is 4.47. The largest absolute Gasteiger partial charge is 0.463 e. The zero-order valence-corrected chi connectivity index (χ0v) is 10.5. The molecule has 0 saturated heterocycles. The number of carbonyl (C=O) groups excluding carboxylic acids is 1. The Bertz CT molecular complexity index is 408. The van der Waals surface area contributed by atoms with Crippen molar-refractivity contribution in [3.63, 3.8) is 0 Å². The average molecular weight is 234 g/mol. The number of methoxy groups -OCH3 is 1. The zero-order valence-electron chi connectivity index (χ0n) is 10.5. The van der Waals surface area contributed by atoms with E-state index in [9.17, 15) is 4.79 Å². The minimum absolute atomic E-state index is 0.278. The number of hydrogen-bond acceptors (Lipinski definition) is 3. The summed E-state index contributed by atoms with van der Waals surface area (Å²) in [4.78, 5) is 11.5. The monoisotopic (exact) mass is 234 g/mol. The van der Waals surface area contributed by atoms with Gasteiger partial charge >= 0.3 is 5.97 Å². The normalized spacial score (nSPS) is 11.4. The minimum Gasteiger partial charge on any atom is -0.463 e.